The second-order valence-electron chi connectivity index (χ2n) is 5.42. The molecule has 114 valence electrons. The van der Waals surface area contributed by atoms with Crippen molar-refractivity contribution in [2.24, 2.45) is 5.92 Å². The van der Waals surface area contributed by atoms with Crippen molar-refractivity contribution in [3.63, 3.8) is 0 Å². The van der Waals surface area contributed by atoms with Crippen LogP contribution < -0.4 is 10.2 Å². The van der Waals surface area contributed by atoms with Gasteiger partial charge in [0.15, 0.2) is 9.84 Å². The molecular weight excluding hydrogens is 272 g/mol. The smallest absolute Gasteiger partial charge is 0.178 e. The second-order valence-corrected chi connectivity index (χ2v) is 7.70. The normalized spacial score (nSPS) is 11.8. The summed E-state index contributed by atoms with van der Waals surface area (Å²) in [5.74, 6) is 0.792. The molecule has 1 N–H and O–H groups in total. The van der Waals surface area contributed by atoms with Gasteiger partial charge < -0.3 is 10.2 Å². The highest BCUT2D eigenvalue weighted by molar-refractivity contribution is 7.91. The molecule has 0 saturated carbocycles. The van der Waals surface area contributed by atoms with Crippen LogP contribution in [0.5, 0.6) is 0 Å². The largest absolute Gasteiger partial charge is 0.373 e. The van der Waals surface area contributed by atoms with Crippen LogP contribution in [0.15, 0.2) is 29.2 Å². The molecule has 0 unspecified atom stereocenters. The number of anilines is 1. The van der Waals surface area contributed by atoms with E-state index in [1.807, 2.05) is 19.2 Å². The molecule has 0 aliphatic carbocycles. The minimum atomic E-state index is -3.10. The maximum atomic E-state index is 11.7. The van der Waals surface area contributed by atoms with Gasteiger partial charge in [0.05, 0.1) is 10.6 Å². The molecule has 1 aromatic carbocycles. The first-order valence-electron chi connectivity index (χ1n) is 7.11. The molecule has 0 fully saturated rings. The van der Waals surface area contributed by atoms with Gasteiger partial charge in [-0.2, -0.15) is 0 Å². The molecule has 5 heteroatoms. The van der Waals surface area contributed by atoms with Crippen molar-refractivity contribution in [1.29, 1.82) is 0 Å². The zero-order valence-corrected chi connectivity index (χ0v) is 13.7. The second kappa shape index (κ2) is 7.64. The number of nitrogens with one attached hydrogen (secondary N) is 1. The van der Waals surface area contributed by atoms with E-state index in [4.69, 9.17) is 0 Å². The van der Waals surface area contributed by atoms with Gasteiger partial charge >= 0.3 is 0 Å². The summed E-state index contributed by atoms with van der Waals surface area (Å²) in [4.78, 5) is 2.52. The number of likely N-dealkylation sites (N-methyl/N-ethyl adjacent to an activating group) is 1. The van der Waals surface area contributed by atoms with Gasteiger partial charge in [0.1, 0.15) is 0 Å². The van der Waals surface area contributed by atoms with Crippen LogP contribution in [0.3, 0.4) is 0 Å². The van der Waals surface area contributed by atoms with Crippen LogP contribution in [0.25, 0.3) is 0 Å². The Labute approximate surface area is 123 Å². The van der Waals surface area contributed by atoms with Crippen molar-refractivity contribution in [2.45, 2.75) is 25.7 Å². The Morgan fingerprint density at radius 3 is 2.30 bits per heavy atom. The maximum Gasteiger partial charge on any atom is 0.178 e. The van der Waals surface area contributed by atoms with Gasteiger partial charge in [-0.05, 0) is 36.7 Å². The van der Waals surface area contributed by atoms with Gasteiger partial charge in [0.25, 0.3) is 0 Å². The average molecular weight is 298 g/mol. The van der Waals surface area contributed by atoms with Crippen LogP contribution in [-0.2, 0) is 9.84 Å². The van der Waals surface area contributed by atoms with Crippen molar-refractivity contribution in [3.8, 4) is 0 Å². The average Bonchev–Trinajstić information content (AvgIpc) is 2.43. The molecule has 0 aliphatic rings. The van der Waals surface area contributed by atoms with E-state index in [1.165, 1.54) is 0 Å². The fourth-order valence-corrected chi connectivity index (χ4v) is 2.73. The zero-order chi connectivity index (χ0) is 15.2. The summed E-state index contributed by atoms with van der Waals surface area (Å²) in [5.41, 5.74) is 1.03. The quantitative estimate of drug-likeness (QED) is 0.747. The summed E-state index contributed by atoms with van der Waals surface area (Å²) in [6.45, 7) is 8.86. The lowest BCUT2D eigenvalue weighted by Crippen LogP contribution is -2.31. The highest BCUT2D eigenvalue weighted by atomic mass is 32.2. The molecular formula is C15H26N2O2S. The Morgan fingerprint density at radius 1 is 1.20 bits per heavy atom. The van der Waals surface area contributed by atoms with E-state index in [-0.39, 0.29) is 5.75 Å². The molecule has 1 aromatic rings. The van der Waals surface area contributed by atoms with Crippen LogP contribution >= 0.6 is 0 Å². The Hall–Kier alpha value is -1.07. The molecule has 0 saturated heterocycles. The third kappa shape index (κ3) is 5.13. The molecule has 20 heavy (non-hydrogen) atoms. The topological polar surface area (TPSA) is 49.4 Å². The summed E-state index contributed by atoms with van der Waals surface area (Å²) >= 11 is 0. The fourth-order valence-electron chi connectivity index (χ4n) is 1.84. The minimum Gasteiger partial charge on any atom is -0.373 e. The van der Waals surface area contributed by atoms with Crippen molar-refractivity contribution >= 4 is 15.5 Å². The van der Waals surface area contributed by atoms with Crippen molar-refractivity contribution in [2.75, 3.05) is 37.3 Å². The number of rotatable bonds is 8. The number of nitrogens with zero attached hydrogens (tertiary/aromatic N) is 1. The predicted octanol–water partition coefficient (Wildman–Crippen LogP) is 2.16. The van der Waals surface area contributed by atoms with Gasteiger partial charge in [-0.1, -0.05) is 20.8 Å². The van der Waals surface area contributed by atoms with E-state index in [9.17, 15) is 8.42 Å². The highest BCUT2D eigenvalue weighted by Gasteiger charge is 2.11. The third-order valence-corrected chi connectivity index (χ3v) is 4.94. The van der Waals surface area contributed by atoms with Crippen LogP contribution in [-0.4, -0.2) is 40.9 Å². The number of sulfone groups is 1. The molecule has 1 rings (SSSR count). The Bertz CT molecular complexity index is 495. The Morgan fingerprint density at radius 2 is 1.80 bits per heavy atom. The van der Waals surface area contributed by atoms with Gasteiger partial charge in [-0.25, -0.2) is 8.42 Å². The molecule has 0 aromatic heterocycles. The Balaban J connectivity index is 2.56. The summed E-state index contributed by atoms with van der Waals surface area (Å²) in [7, 11) is -1.09. The van der Waals surface area contributed by atoms with Crippen LogP contribution in [0.1, 0.15) is 20.8 Å². The number of hydrogen-bond donors (Lipinski definition) is 1. The van der Waals surface area contributed by atoms with Crippen molar-refractivity contribution in [1.82, 2.24) is 5.32 Å². The van der Waals surface area contributed by atoms with Gasteiger partial charge in [-0.3, -0.25) is 0 Å². The first-order chi connectivity index (χ1) is 9.36. The molecule has 0 aliphatic heterocycles. The van der Waals surface area contributed by atoms with Crippen molar-refractivity contribution in [3.05, 3.63) is 24.3 Å². The monoisotopic (exact) mass is 298 g/mol. The van der Waals surface area contributed by atoms with E-state index >= 15 is 0 Å². The van der Waals surface area contributed by atoms with Crippen LogP contribution in [0.2, 0.25) is 0 Å². The van der Waals surface area contributed by atoms with Crippen molar-refractivity contribution < 1.29 is 8.42 Å². The lowest BCUT2D eigenvalue weighted by atomic mass is 10.2. The number of benzene rings is 1. The van der Waals surface area contributed by atoms with Gasteiger partial charge in [-0.15, -0.1) is 0 Å². The van der Waals surface area contributed by atoms with Crippen LogP contribution in [0, 0.1) is 5.92 Å². The van der Waals surface area contributed by atoms with Crippen LogP contribution in [0.4, 0.5) is 5.69 Å². The molecule has 0 atom stereocenters. The number of hydrogen-bond acceptors (Lipinski definition) is 4. The zero-order valence-electron chi connectivity index (χ0n) is 12.9. The highest BCUT2D eigenvalue weighted by Crippen LogP contribution is 2.17. The summed E-state index contributed by atoms with van der Waals surface area (Å²) < 4.78 is 23.5. The molecule has 4 nitrogen and oxygen atoms in total. The lowest BCUT2D eigenvalue weighted by Gasteiger charge is -2.20. The fraction of sp³-hybridized carbons (Fsp3) is 0.600. The Kier molecular flexibility index (Phi) is 6.49. The van der Waals surface area contributed by atoms with E-state index in [0.29, 0.717) is 10.8 Å². The molecule has 0 heterocycles. The minimum absolute atomic E-state index is 0.140. The van der Waals surface area contributed by atoms with Gasteiger partial charge in [0, 0.05) is 25.8 Å². The first-order valence-corrected chi connectivity index (χ1v) is 8.76. The van der Waals surface area contributed by atoms with E-state index in [0.717, 1.165) is 25.3 Å². The molecule has 0 spiro atoms. The van der Waals surface area contributed by atoms with E-state index < -0.39 is 9.84 Å². The summed E-state index contributed by atoms with van der Waals surface area (Å²) in [5, 5.41) is 3.39. The summed E-state index contributed by atoms with van der Waals surface area (Å²) in [6.07, 6.45) is 0. The maximum absolute atomic E-state index is 11.7. The predicted molar refractivity (Wildman–Crippen MR) is 85.1 cm³/mol. The summed E-state index contributed by atoms with van der Waals surface area (Å²) in [6, 6.07) is 7.11. The standard InChI is InChI=1S/C15H26N2O2S/c1-5-20(18,19)15-8-6-14(7-9-15)17(4)11-10-16-12-13(2)3/h6-9,13,16H,5,10-12H2,1-4H3. The van der Waals surface area contributed by atoms with E-state index in [1.54, 1.807) is 19.1 Å². The third-order valence-electron chi connectivity index (χ3n) is 3.19. The first kappa shape index (κ1) is 17.0. The SMILES string of the molecule is CCS(=O)(=O)c1ccc(N(C)CCNCC(C)C)cc1. The molecule has 0 bridgehead atoms. The van der Waals surface area contributed by atoms with E-state index in [2.05, 4.69) is 24.1 Å². The lowest BCUT2D eigenvalue weighted by molar-refractivity contribution is 0.554. The molecule has 0 radical (unpaired) electrons. The molecule has 0 amide bonds. The van der Waals surface area contributed by atoms with Gasteiger partial charge in [0.2, 0.25) is 0 Å².